The van der Waals surface area contributed by atoms with E-state index in [4.69, 9.17) is 4.74 Å². The lowest BCUT2D eigenvalue weighted by Crippen LogP contribution is -2.45. The molecule has 1 saturated heterocycles. The normalized spacial score (nSPS) is 19.7. The minimum absolute atomic E-state index is 0.201. The second-order valence-electron chi connectivity index (χ2n) is 6.26. The first-order valence-electron chi connectivity index (χ1n) is 8.28. The van der Waals surface area contributed by atoms with Gasteiger partial charge < -0.3 is 20.1 Å². The molecule has 1 aliphatic rings. The highest BCUT2D eigenvalue weighted by Crippen LogP contribution is 2.20. The number of nitrogens with zero attached hydrogens (tertiary/aromatic N) is 1. The smallest absolute Gasteiger partial charge is 0.326 e. The minimum Gasteiger partial charge on any atom is -0.480 e. The van der Waals surface area contributed by atoms with Gasteiger partial charge in [0.2, 0.25) is 11.8 Å². The number of nitrogens with one attached hydrogen (secondary N) is 1. The molecule has 2 amide bonds. The number of carboxylic acid groups (broad SMARTS) is 1. The summed E-state index contributed by atoms with van der Waals surface area (Å²) in [7, 11) is 1.49. The number of carboxylic acids is 1. The standard InChI is InChI=1S/C18H24N2O5/c1-12-3-5-13(6-4-12)7-8-16(21)19-10-17(22)20-11-14(25-2)9-15(20)18(23)24/h3-6,14-15H,7-11H2,1-2H3,(H,19,21)(H,23,24). The average molecular weight is 348 g/mol. The summed E-state index contributed by atoms with van der Waals surface area (Å²) in [4.78, 5) is 36.7. The predicted molar refractivity (Wildman–Crippen MR) is 91.1 cm³/mol. The van der Waals surface area contributed by atoms with Crippen molar-refractivity contribution in [2.45, 2.75) is 38.3 Å². The van der Waals surface area contributed by atoms with Crippen LogP contribution >= 0.6 is 0 Å². The number of carbonyl (C=O) groups is 3. The van der Waals surface area contributed by atoms with Crippen LogP contribution in [0.1, 0.15) is 24.0 Å². The molecule has 1 aliphatic heterocycles. The Morgan fingerprint density at radius 3 is 2.56 bits per heavy atom. The molecule has 0 spiro atoms. The Kier molecular flexibility index (Phi) is 6.52. The van der Waals surface area contributed by atoms with E-state index in [0.29, 0.717) is 6.42 Å². The lowest BCUT2D eigenvalue weighted by atomic mass is 10.1. The number of methoxy groups -OCH3 is 1. The van der Waals surface area contributed by atoms with Gasteiger partial charge in [-0.3, -0.25) is 9.59 Å². The summed E-state index contributed by atoms with van der Waals surface area (Å²) in [5.41, 5.74) is 2.22. The third kappa shape index (κ3) is 5.29. The average Bonchev–Trinajstić information content (AvgIpc) is 3.04. The molecule has 2 unspecified atom stereocenters. The first-order valence-corrected chi connectivity index (χ1v) is 8.28. The van der Waals surface area contributed by atoms with Crippen molar-refractivity contribution in [1.82, 2.24) is 10.2 Å². The molecule has 0 saturated carbocycles. The van der Waals surface area contributed by atoms with Crippen molar-refractivity contribution in [2.75, 3.05) is 20.2 Å². The van der Waals surface area contributed by atoms with E-state index in [0.717, 1.165) is 11.1 Å². The SMILES string of the molecule is COC1CC(C(=O)O)N(C(=O)CNC(=O)CCc2ccc(C)cc2)C1. The highest BCUT2D eigenvalue weighted by atomic mass is 16.5. The van der Waals surface area contributed by atoms with Crippen molar-refractivity contribution >= 4 is 17.8 Å². The molecule has 7 heteroatoms. The predicted octanol–water partition coefficient (Wildman–Crippen LogP) is 0.744. The Morgan fingerprint density at radius 2 is 1.96 bits per heavy atom. The van der Waals surface area contributed by atoms with Crippen LogP contribution in [0.3, 0.4) is 0 Å². The van der Waals surface area contributed by atoms with E-state index in [1.807, 2.05) is 31.2 Å². The Labute approximate surface area is 147 Å². The van der Waals surface area contributed by atoms with Crippen molar-refractivity contribution in [3.63, 3.8) is 0 Å². The van der Waals surface area contributed by atoms with Gasteiger partial charge in [-0.2, -0.15) is 0 Å². The first-order chi connectivity index (χ1) is 11.9. The summed E-state index contributed by atoms with van der Waals surface area (Å²) < 4.78 is 5.15. The number of aliphatic carboxylic acids is 1. The molecular weight excluding hydrogens is 324 g/mol. The summed E-state index contributed by atoms with van der Waals surface area (Å²) in [6, 6.07) is 7.02. The summed E-state index contributed by atoms with van der Waals surface area (Å²) in [5, 5.41) is 11.8. The van der Waals surface area contributed by atoms with E-state index in [1.165, 1.54) is 12.0 Å². The maximum atomic E-state index is 12.2. The maximum absolute atomic E-state index is 12.2. The van der Waals surface area contributed by atoms with Gasteiger partial charge in [-0.05, 0) is 18.9 Å². The summed E-state index contributed by atoms with van der Waals surface area (Å²) in [6.45, 7) is 2.03. The number of benzene rings is 1. The van der Waals surface area contributed by atoms with E-state index in [2.05, 4.69) is 5.32 Å². The van der Waals surface area contributed by atoms with Crippen LogP contribution in [0.15, 0.2) is 24.3 Å². The number of hydrogen-bond donors (Lipinski definition) is 2. The zero-order valence-corrected chi connectivity index (χ0v) is 14.5. The zero-order valence-electron chi connectivity index (χ0n) is 14.5. The van der Waals surface area contributed by atoms with Crippen LogP contribution in [0.4, 0.5) is 0 Å². The van der Waals surface area contributed by atoms with Crippen LogP contribution in [0.25, 0.3) is 0 Å². The number of amides is 2. The van der Waals surface area contributed by atoms with E-state index >= 15 is 0 Å². The van der Waals surface area contributed by atoms with Crippen LogP contribution in [0.2, 0.25) is 0 Å². The van der Waals surface area contributed by atoms with Crippen molar-refractivity contribution in [1.29, 1.82) is 0 Å². The molecule has 0 aromatic heterocycles. The quantitative estimate of drug-likeness (QED) is 0.758. The summed E-state index contributed by atoms with van der Waals surface area (Å²) in [6.07, 6.45) is 0.841. The highest BCUT2D eigenvalue weighted by Gasteiger charge is 2.39. The van der Waals surface area contributed by atoms with Gasteiger partial charge in [-0.25, -0.2) is 4.79 Å². The van der Waals surface area contributed by atoms with E-state index in [-0.39, 0.29) is 37.9 Å². The van der Waals surface area contributed by atoms with Crippen LogP contribution in [-0.2, 0) is 25.5 Å². The summed E-state index contributed by atoms with van der Waals surface area (Å²) >= 11 is 0. The molecule has 25 heavy (non-hydrogen) atoms. The molecule has 0 radical (unpaired) electrons. The number of ether oxygens (including phenoxy) is 1. The van der Waals surface area contributed by atoms with Gasteiger partial charge in [0.1, 0.15) is 6.04 Å². The molecule has 1 aromatic carbocycles. The van der Waals surface area contributed by atoms with Crippen molar-refractivity contribution < 1.29 is 24.2 Å². The summed E-state index contributed by atoms with van der Waals surface area (Å²) in [5.74, 6) is -1.70. The second-order valence-corrected chi connectivity index (χ2v) is 6.26. The molecule has 136 valence electrons. The Bertz CT molecular complexity index is 629. The zero-order chi connectivity index (χ0) is 18.4. The monoisotopic (exact) mass is 348 g/mol. The van der Waals surface area contributed by atoms with Crippen molar-refractivity contribution in [2.24, 2.45) is 0 Å². The van der Waals surface area contributed by atoms with Gasteiger partial charge in [0, 0.05) is 26.5 Å². The first kappa shape index (κ1) is 18.9. The lowest BCUT2D eigenvalue weighted by molar-refractivity contribution is -0.148. The van der Waals surface area contributed by atoms with Gasteiger partial charge in [0.15, 0.2) is 0 Å². The van der Waals surface area contributed by atoms with Gasteiger partial charge in [-0.15, -0.1) is 0 Å². The molecule has 1 heterocycles. The fourth-order valence-electron chi connectivity index (χ4n) is 2.85. The van der Waals surface area contributed by atoms with Crippen LogP contribution in [0.5, 0.6) is 0 Å². The number of aryl methyl sites for hydroxylation is 2. The van der Waals surface area contributed by atoms with Gasteiger partial charge in [-0.1, -0.05) is 29.8 Å². The van der Waals surface area contributed by atoms with Gasteiger partial charge >= 0.3 is 5.97 Å². The largest absolute Gasteiger partial charge is 0.480 e. The topological polar surface area (TPSA) is 95.9 Å². The molecule has 2 N–H and O–H groups in total. The highest BCUT2D eigenvalue weighted by molar-refractivity contribution is 5.88. The van der Waals surface area contributed by atoms with Crippen LogP contribution in [0, 0.1) is 6.92 Å². The lowest BCUT2D eigenvalue weighted by Gasteiger charge is -2.21. The van der Waals surface area contributed by atoms with Crippen LogP contribution < -0.4 is 5.32 Å². The Hall–Kier alpha value is -2.41. The van der Waals surface area contributed by atoms with Gasteiger partial charge in [0.05, 0.1) is 12.6 Å². The third-order valence-electron chi connectivity index (χ3n) is 4.40. The maximum Gasteiger partial charge on any atom is 0.326 e. The molecule has 2 rings (SSSR count). The number of carbonyl (C=O) groups excluding carboxylic acids is 2. The third-order valence-corrected chi connectivity index (χ3v) is 4.40. The van der Waals surface area contributed by atoms with Crippen molar-refractivity contribution in [3.05, 3.63) is 35.4 Å². The van der Waals surface area contributed by atoms with Crippen molar-refractivity contribution in [3.8, 4) is 0 Å². The molecule has 0 bridgehead atoms. The minimum atomic E-state index is -1.06. The molecule has 2 atom stereocenters. The molecule has 1 fully saturated rings. The van der Waals surface area contributed by atoms with E-state index < -0.39 is 17.9 Å². The van der Waals surface area contributed by atoms with Crippen LogP contribution in [-0.4, -0.2) is 60.1 Å². The fourth-order valence-corrected chi connectivity index (χ4v) is 2.85. The van der Waals surface area contributed by atoms with Gasteiger partial charge in [0.25, 0.3) is 0 Å². The van der Waals surface area contributed by atoms with E-state index in [1.54, 1.807) is 0 Å². The molecule has 7 nitrogen and oxygen atoms in total. The molecule has 1 aromatic rings. The fraction of sp³-hybridized carbons (Fsp3) is 0.500. The molecule has 0 aliphatic carbocycles. The number of likely N-dealkylation sites (tertiary alicyclic amines) is 1. The Balaban J connectivity index is 1.79. The Morgan fingerprint density at radius 1 is 1.28 bits per heavy atom. The molecular formula is C18H24N2O5. The van der Waals surface area contributed by atoms with E-state index in [9.17, 15) is 19.5 Å². The number of rotatable bonds is 7. The number of hydrogen-bond acceptors (Lipinski definition) is 4. The second kappa shape index (κ2) is 8.62.